The Bertz CT molecular complexity index is 982. The fraction of sp³-hybridized carbons (Fsp3) is 0.250. The molecule has 0 aliphatic heterocycles. The Kier molecular flexibility index (Phi) is 7.40. The lowest BCUT2D eigenvalue weighted by molar-refractivity contribution is -0.886. The molecule has 2 aromatic carbocycles. The summed E-state index contributed by atoms with van der Waals surface area (Å²) in [6.45, 7) is 3.31. The van der Waals surface area contributed by atoms with Crippen molar-refractivity contribution in [3.05, 3.63) is 89.4 Å². The van der Waals surface area contributed by atoms with Gasteiger partial charge in [-0.25, -0.2) is 0 Å². The number of hydrogen-bond donors (Lipinski definition) is 3. The van der Waals surface area contributed by atoms with Gasteiger partial charge in [0.25, 0.3) is 11.8 Å². The first-order valence-electron chi connectivity index (χ1n) is 10.1. The highest BCUT2D eigenvalue weighted by Gasteiger charge is 2.16. The molecule has 3 N–H and O–H groups in total. The van der Waals surface area contributed by atoms with Crippen LogP contribution in [0.15, 0.2) is 71.1 Å². The summed E-state index contributed by atoms with van der Waals surface area (Å²) < 4.78 is 5.57. The Morgan fingerprint density at radius 1 is 0.967 bits per heavy atom. The van der Waals surface area contributed by atoms with Gasteiger partial charge >= 0.3 is 0 Å². The molecule has 0 spiro atoms. The van der Waals surface area contributed by atoms with E-state index in [1.807, 2.05) is 56.4 Å². The van der Waals surface area contributed by atoms with E-state index < -0.39 is 0 Å². The number of carbonyl (C=O) groups is 2. The molecular weight excluding hydrogens is 378 g/mol. The maximum absolute atomic E-state index is 12.6. The highest BCUT2D eigenvalue weighted by atomic mass is 16.3. The van der Waals surface area contributed by atoms with Crippen molar-refractivity contribution >= 4 is 17.5 Å². The van der Waals surface area contributed by atoms with Crippen LogP contribution in [0.4, 0.5) is 5.69 Å². The zero-order valence-corrected chi connectivity index (χ0v) is 17.4. The molecule has 0 aliphatic carbocycles. The summed E-state index contributed by atoms with van der Waals surface area (Å²) in [5, 5.41) is 5.80. The molecule has 30 heavy (non-hydrogen) atoms. The van der Waals surface area contributed by atoms with E-state index in [1.54, 1.807) is 24.3 Å². The molecule has 0 radical (unpaired) electrons. The minimum Gasteiger partial charge on any atom is -0.460 e. The predicted octanol–water partition coefficient (Wildman–Crippen LogP) is 2.21. The Morgan fingerprint density at radius 3 is 2.43 bits per heavy atom. The number of anilines is 1. The lowest BCUT2D eigenvalue weighted by Crippen LogP contribution is -3.08. The quantitative estimate of drug-likeness (QED) is 0.510. The third-order valence-corrected chi connectivity index (χ3v) is 4.72. The number of rotatable bonds is 9. The van der Waals surface area contributed by atoms with E-state index in [2.05, 4.69) is 10.6 Å². The second-order valence-corrected chi connectivity index (χ2v) is 7.41. The van der Waals surface area contributed by atoms with Crippen LogP contribution in [0, 0.1) is 6.92 Å². The average Bonchev–Trinajstić information content (AvgIpc) is 3.13. The average molecular weight is 407 g/mol. The first kappa shape index (κ1) is 21.3. The first-order chi connectivity index (χ1) is 14.5. The van der Waals surface area contributed by atoms with E-state index in [0.717, 1.165) is 28.4 Å². The topological polar surface area (TPSA) is 75.8 Å². The zero-order chi connectivity index (χ0) is 21.3. The van der Waals surface area contributed by atoms with Crippen LogP contribution in [0.2, 0.25) is 0 Å². The molecule has 6 nitrogen and oxygen atoms in total. The van der Waals surface area contributed by atoms with E-state index in [9.17, 15) is 9.59 Å². The molecule has 3 aromatic rings. The van der Waals surface area contributed by atoms with Crippen molar-refractivity contribution in [3.63, 3.8) is 0 Å². The second kappa shape index (κ2) is 10.4. The highest BCUT2D eigenvalue weighted by Crippen LogP contribution is 2.14. The molecule has 0 saturated heterocycles. The van der Waals surface area contributed by atoms with E-state index in [-0.39, 0.29) is 18.4 Å². The van der Waals surface area contributed by atoms with E-state index in [1.165, 1.54) is 0 Å². The number of nitrogens with one attached hydrogen (secondary N) is 3. The second-order valence-electron chi connectivity index (χ2n) is 7.41. The molecule has 2 amide bonds. The Labute approximate surface area is 176 Å². The minimum absolute atomic E-state index is 0.152. The number of aryl methyl sites for hydroxylation is 1. The van der Waals surface area contributed by atoms with Gasteiger partial charge in [0.1, 0.15) is 12.3 Å². The van der Waals surface area contributed by atoms with E-state index in [0.29, 0.717) is 24.3 Å². The van der Waals surface area contributed by atoms with Crippen molar-refractivity contribution in [3.8, 4) is 0 Å². The fourth-order valence-electron chi connectivity index (χ4n) is 3.26. The Balaban J connectivity index is 1.53. The number of furan rings is 1. The van der Waals surface area contributed by atoms with Gasteiger partial charge in [-0.2, -0.15) is 0 Å². The van der Waals surface area contributed by atoms with Gasteiger partial charge in [0.2, 0.25) is 0 Å². The lowest BCUT2D eigenvalue weighted by Gasteiger charge is -2.14. The smallest absolute Gasteiger partial charge is 0.279 e. The van der Waals surface area contributed by atoms with Crippen molar-refractivity contribution in [2.24, 2.45) is 0 Å². The molecule has 156 valence electrons. The van der Waals surface area contributed by atoms with Crippen molar-refractivity contribution in [1.29, 1.82) is 0 Å². The third kappa shape index (κ3) is 6.32. The monoisotopic (exact) mass is 406 g/mol. The Hall–Kier alpha value is -3.38. The zero-order valence-electron chi connectivity index (χ0n) is 17.4. The number of likely N-dealkylation sites (N-methyl/N-ethyl adjacent to an activating group) is 1. The standard InChI is InChI=1S/C24H27N3O3/c1-18-12-13-20(30-18)16-27(2)17-23(28)26-22-11-7-6-10-21(22)24(29)25-15-14-19-8-4-3-5-9-19/h3-13H,14-17H2,1-2H3,(H,25,29)(H,26,28)/p+1. The van der Waals surface area contributed by atoms with Gasteiger partial charge in [0, 0.05) is 6.54 Å². The fourth-order valence-corrected chi connectivity index (χ4v) is 3.26. The summed E-state index contributed by atoms with van der Waals surface area (Å²) in [5.41, 5.74) is 2.14. The molecular formula is C24H28N3O3+. The number of carbonyl (C=O) groups excluding carboxylic acids is 2. The molecule has 3 rings (SSSR count). The lowest BCUT2D eigenvalue weighted by atomic mass is 10.1. The van der Waals surface area contributed by atoms with Crippen LogP contribution in [0.1, 0.15) is 27.4 Å². The summed E-state index contributed by atoms with van der Waals surface area (Å²) in [6.07, 6.45) is 0.752. The van der Waals surface area contributed by atoms with Gasteiger partial charge in [-0.3, -0.25) is 9.59 Å². The number of benzene rings is 2. The van der Waals surface area contributed by atoms with Gasteiger partial charge < -0.3 is 20.0 Å². The molecule has 6 heteroatoms. The maximum atomic E-state index is 12.6. The number of amides is 2. The van der Waals surface area contributed by atoms with Crippen LogP contribution in [0.5, 0.6) is 0 Å². The van der Waals surface area contributed by atoms with Crippen LogP contribution < -0.4 is 15.5 Å². The van der Waals surface area contributed by atoms with Crippen molar-refractivity contribution in [2.75, 3.05) is 25.5 Å². The van der Waals surface area contributed by atoms with E-state index in [4.69, 9.17) is 4.42 Å². The molecule has 1 heterocycles. The SMILES string of the molecule is Cc1ccc(C[NH+](C)CC(=O)Nc2ccccc2C(=O)NCCc2ccccc2)o1. The molecule has 0 aliphatic rings. The van der Waals surface area contributed by atoms with Crippen molar-refractivity contribution in [2.45, 2.75) is 19.9 Å². The molecule has 1 aromatic heterocycles. The molecule has 0 bridgehead atoms. The van der Waals surface area contributed by atoms with Gasteiger partial charge in [-0.15, -0.1) is 0 Å². The van der Waals surface area contributed by atoms with Crippen LogP contribution in [0.25, 0.3) is 0 Å². The summed E-state index contributed by atoms with van der Waals surface area (Å²) in [7, 11) is 1.93. The van der Waals surface area contributed by atoms with E-state index >= 15 is 0 Å². The first-order valence-corrected chi connectivity index (χ1v) is 10.1. The molecule has 1 unspecified atom stereocenters. The van der Waals surface area contributed by atoms with Crippen LogP contribution in [-0.4, -0.2) is 32.0 Å². The van der Waals surface area contributed by atoms with Crippen LogP contribution in [0.3, 0.4) is 0 Å². The summed E-state index contributed by atoms with van der Waals surface area (Å²) in [5.74, 6) is 1.35. The molecule has 0 fully saturated rings. The van der Waals surface area contributed by atoms with Gasteiger partial charge in [0.15, 0.2) is 12.3 Å². The number of para-hydroxylation sites is 1. The Morgan fingerprint density at radius 2 is 1.70 bits per heavy atom. The summed E-state index contributed by atoms with van der Waals surface area (Å²) in [6, 6.07) is 20.9. The largest absolute Gasteiger partial charge is 0.460 e. The predicted molar refractivity (Wildman–Crippen MR) is 116 cm³/mol. The van der Waals surface area contributed by atoms with Gasteiger partial charge in [-0.1, -0.05) is 42.5 Å². The molecule has 1 atom stereocenters. The van der Waals surface area contributed by atoms with Crippen molar-refractivity contribution < 1.29 is 18.9 Å². The normalized spacial score (nSPS) is 11.7. The van der Waals surface area contributed by atoms with Crippen molar-refractivity contribution in [1.82, 2.24) is 5.32 Å². The minimum atomic E-state index is -0.200. The summed E-state index contributed by atoms with van der Waals surface area (Å²) >= 11 is 0. The third-order valence-electron chi connectivity index (χ3n) is 4.72. The number of quaternary nitrogens is 1. The summed E-state index contributed by atoms with van der Waals surface area (Å²) in [4.78, 5) is 26.1. The van der Waals surface area contributed by atoms with Crippen LogP contribution in [-0.2, 0) is 17.8 Å². The maximum Gasteiger partial charge on any atom is 0.279 e. The highest BCUT2D eigenvalue weighted by molar-refractivity contribution is 6.03. The van der Waals surface area contributed by atoms with Crippen LogP contribution >= 0.6 is 0 Å². The van der Waals surface area contributed by atoms with Gasteiger partial charge in [0.05, 0.1) is 18.3 Å². The number of hydrogen-bond acceptors (Lipinski definition) is 3. The molecule has 0 saturated carbocycles. The van der Waals surface area contributed by atoms with Gasteiger partial charge in [-0.05, 0) is 43.2 Å².